The minimum Gasteiger partial charge on any atom is -0.462 e. The molecule has 0 saturated heterocycles. The maximum atomic E-state index is 13.2. The fourth-order valence-corrected chi connectivity index (χ4v) is 7.89. The summed E-state index contributed by atoms with van der Waals surface area (Å²) >= 11 is 0. The summed E-state index contributed by atoms with van der Waals surface area (Å²) in [6, 6.07) is -0.715. The van der Waals surface area contributed by atoms with Gasteiger partial charge in [0.15, 0.2) is 0 Å². The van der Waals surface area contributed by atoms with E-state index in [1.54, 1.807) is 0 Å². The first-order valence-electron chi connectivity index (χ1n) is 26.5. The van der Waals surface area contributed by atoms with E-state index in [0.717, 1.165) is 70.6 Å². The second-order valence-electron chi connectivity index (χ2n) is 17.9. The lowest BCUT2D eigenvalue weighted by atomic mass is 10.0. The van der Waals surface area contributed by atoms with Gasteiger partial charge in [-0.05, 0) is 57.8 Å². The van der Waals surface area contributed by atoms with Crippen LogP contribution >= 0.6 is 0 Å². The Bertz CT molecular complexity index is 1110. The van der Waals surface area contributed by atoms with E-state index in [9.17, 15) is 19.8 Å². The van der Waals surface area contributed by atoms with E-state index < -0.39 is 18.2 Å². The van der Waals surface area contributed by atoms with Crippen LogP contribution in [0.1, 0.15) is 258 Å². The molecule has 0 aliphatic rings. The van der Waals surface area contributed by atoms with Gasteiger partial charge in [0, 0.05) is 6.42 Å². The first-order chi connectivity index (χ1) is 30.5. The topological polar surface area (TPSA) is 95.9 Å². The van der Waals surface area contributed by atoms with E-state index in [1.165, 1.54) is 135 Å². The molecule has 0 spiro atoms. The second-order valence-corrected chi connectivity index (χ2v) is 17.9. The van der Waals surface area contributed by atoms with E-state index in [1.807, 2.05) is 6.08 Å². The number of amides is 1. The number of carbonyl (C=O) groups is 2. The summed E-state index contributed by atoms with van der Waals surface area (Å²) in [5.41, 5.74) is 0. The number of hydrogen-bond donors (Lipinski definition) is 3. The Morgan fingerprint density at radius 2 is 0.839 bits per heavy atom. The molecular formula is C56H101NO5. The number of nitrogens with one attached hydrogen (secondary N) is 1. The van der Waals surface area contributed by atoms with Gasteiger partial charge in [0.25, 0.3) is 0 Å². The molecule has 6 heteroatoms. The van der Waals surface area contributed by atoms with Gasteiger partial charge in [-0.3, -0.25) is 9.59 Å². The Hall–Kier alpha value is -2.44. The summed E-state index contributed by atoms with van der Waals surface area (Å²) in [5, 5.41) is 23.8. The van der Waals surface area contributed by atoms with E-state index in [2.05, 4.69) is 80.8 Å². The maximum absolute atomic E-state index is 13.2. The van der Waals surface area contributed by atoms with Crippen LogP contribution in [0.3, 0.4) is 0 Å². The number of unbranched alkanes of at least 4 members (excludes halogenated alkanes) is 25. The maximum Gasteiger partial charge on any atom is 0.306 e. The van der Waals surface area contributed by atoms with Crippen molar-refractivity contribution in [2.75, 3.05) is 6.61 Å². The number of esters is 1. The highest BCUT2D eigenvalue weighted by atomic mass is 16.5. The monoisotopic (exact) mass is 868 g/mol. The zero-order valence-corrected chi connectivity index (χ0v) is 41.0. The second kappa shape index (κ2) is 49.6. The highest BCUT2D eigenvalue weighted by Crippen LogP contribution is 2.18. The molecule has 6 nitrogen and oxygen atoms in total. The molecule has 0 aliphatic carbocycles. The third kappa shape index (κ3) is 44.2. The van der Waals surface area contributed by atoms with Crippen LogP contribution in [0.2, 0.25) is 0 Å². The van der Waals surface area contributed by atoms with Crippen LogP contribution in [0.4, 0.5) is 0 Å². The van der Waals surface area contributed by atoms with Crippen LogP contribution in [-0.4, -0.2) is 46.9 Å². The van der Waals surface area contributed by atoms with Crippen LogP contribution in [0.15, 0.2) is 60.8 Å². The van der Waals surface area contributed by atoms with Gasteiger partial charge < -0.3 is 20.3 Å². The fourth-order valence-electron chi connectivity index (χ4n) is 7.89. The Balaban J connectivity index is 4.67. The van der Waals surface area contributed by atoms with Crippen molar-refractivity contribution in [2.45, 2.75) is 277 Å². The largest absolute Gasteiger partial charge is 0.462 e. The Morgan fingerprint density at radius 1 is 0.484 bits per heavy atom. The van der Waals surface area contributed by atoms with Crippen molar-refractivity contribution in [3.63, 3.8) is 0 Å². The van der Waals surface area contributed by atoms with Gasteiger partial charge in [0.1, 0.15) is 6.10 Å². The van der Waals surface area contributed by atoms with Gasteiger partial charge in [-0.1, -0.05) is 248 Å². The quantitative estimate of drug-likeness (QED) is 0.0322. The molecule has 0 heterocycles. The summed E-state index contributed by atoms with van der Waals surface area (Å²) in [6.07, 6.45) is 61.4. The molecule has 3 atom stereocenters. The van der Waals surface area contributed by atoms with Gasteiger partial charge in [0.2, 0.25) is 5.91 Å². The number of hydrogen-bond acceptors (Lipinski definition) is 5. The third-order valence-corrected chi connectivity index (χ3v) is 11.9. The van der Waals surface area contributed by atoms with Gasteiger partial charge in [-0.2, -0.15) is 0 Å². The van der Waals surface area contributed by atoms with Crippen molar-refractivity contribution in [3.05, 3.63) is 60.8 Å². The molecule has 0 saturated carbocycles. The molecule has 0 bridgehead atoms. The van der Waals surface area contributed by atoms with E-state index in [4.69, 9.17) is 4.74 Å². The summed E-state index contributed by atoms with van der Waals surface area (Å²) in [4.78, 5) is 26.1. The predicted octanol–water partition coefficient (Wildman–Crippen LogP) is 16.0. The number of rotatable bonds is 47. The molecule has 1 amide bonds. The number of carbonyl (C=O) groups excluding carboxylic acids is 2. The minimum atomic E-state index is -0.799. The lowest BCUT2D eigenvalue weighted by Gasteiger charge is -2.24. The summed E-state index contributed by atoms with van der Waals surface area (Å²) in [7, 11) is 0. The van der Waals surface area contributed by atoms with E-state index in [-0.39, 0.29) is 31.3 Å². The lowest BCUT2D eigenvalue weighted by molar-refractivity contribution is -0.150. The molecule has 0 aromatic rings. The Labute approximate surface area is 384 Å². The first-order valence-corrected chi connectivity index (χ1v) is 26.5. The summed E-state index contributed by atoms with van der Waals surface area (Å²) < 4.78 is 5.90. The highest BCUT2D eigenvalue weighted by Gasteiger charge is 2.24. The fraction of sp³-hybridized carbons (Fsp3) is 0.786. The van der Waals surface area contributed by atoms with Crippen molar-refractivity contribution in [2.24, 2.45) is 0 Å². The van der Waals surface area contributed by atoms with Crippen molar-refractivity contribution in [1.82, 2.24) is 5.32 Å². The molecule has 0 fully saturated rings. The number of allylic oxidation sites excluding steroid dienone is 10. The van der Waals surface area contributed by atoms with Crippen molar-refractivity contribution in [1.29, 1.82) is 0 Å². The SMILES string of the molecule is CC/C=C/C/C=C/C/C=C/C/C=C/C/C=C/CCC(=O)OC(CCCCCCCCCCCCCCCC)CC(=O)NC(CO)C(O)CCCCCCCCCCCCCCC. The molecular weight excluding hydrogens is 767 g/mol. The molecule has 3 unspecified atom stereocenters. The predicted molar refractivity (Wildman–Crippen MR) is 268 cm³/mol. The first kappa shape index (κ1) is 59.6. The van der Waals surface area contributed by atoms with Gasteiger partial charge in [-0.25, -0.2) is 0 Å². The molecule has 0 aromatic heterocycles. The van der Waals surface area contributed by atoms with Gasteiger partial charge in [-0.15, -0.1) is 0 Å². The number of aliphatic hydroxyl groups is 2. The highest BCUT2D eigenvalue weighted by molar-refractivity contribution is 5.77. The van der Waals surface area contributed by atoms with Crippen LogP contribution in [0.5, 0.6) is 0 Å². The van der Waals surface area contributed by atoms with Crippen LogP contribution in [0, 0.1) is 0 Å². The zero-order valence-electron chi connectivity index (χ0n) is 41.0. The average Bonchev–Trinajstić information content (AvgIpc) is 3.26. The Kier molecular flexibility index (Phi) is 47.6. The Morgan fingerprint density at radius 3 is 1.23 bits per heavy atom. The molecule has 0 aliphatic heterocycles. The lowest BCUT2D eigenvalue weighted by Crippen LogP contribution is -2.46. The van der Waals surface area contributed by atoms with Crippen LogP contribution < -0.4 is 5.32 Å². The molecule has 0 radical (unpaired) electrons. The average molecular weight is 868 g/mol. The standard InChI is InChI=1S/C56H101NO5/c1-4-7-10-13-16-19-22-25-27-28-31-34-37-40-43-46-49-56(61)62-52(47-44-41-38-35-32-30-26-23-20-17-14-11-8-5-2)50-55(60)57-53(51-58)54(59)48-45-42-39-36-33-29-24-21-18-15-12-9-6-3/h7,10,16,19,25,27,31,34,40,43,52-54,58-59H,4-6,8-9,11-15,17-18,20-24,26,28-30,32-33,35-39,41-42,44-51H2,1-3H3,(H,57,60)/b10-7+,19-16+,27-25+,34-31+,43-40+. The summed E-state index contributed by atoms with van der Waals surface area (Å²) in [6.45, 7) is 6.36. The van der Waals surface area contributed by atoms with Gasteiger partial charge >= 0.3 is 5.97 Å². The molecule has 62 heavy (non-hydrogen) atoms. The number of aliphatic hydroxyl groups excluding tert-OH is 2. The normalized spacial score (nSPS) is 13.7. The third-order valence-electron chi connectivity index (χ3n) is 11.9. The zero-order chi connectivity index (χ0) is 45.2. The van der Waals surface area contributed by atoms with Crippen molar-refractivity contribution < 1.29 is 24.5 Å². The number of ether oxygens (including phenoxy) is 1. The summed E-state index contributed by atoms with van der Waals surface area (Å²) in [5.74, 6) is -0.565. The minimum absolute atomic E-state index is 0.0494. The van der Waals surface area contributed by atoms with E-state index in [0.29, 0.717) is 19.3 Å². The van der Waals surface area contributed by atoms with Crippen LogP contribution in [0.25, 0.3) is 0 Å². The molecule has 0 rings (SSSR count). The molecule has 0 aromatic carbocycles. The van der Waals surface area contributed by atoms with Crippen LogP contribution in [-0.2, 0) is 14.3 Å². The molecule has 360 valence electrons. The smallest absolute Gasteiger partial charge is 0.306 e. The van der Waals surface area contributed by atoms with E-state index >= 15 is 0 Å². The molecule has 3 N–H and O–H groups in total. The van der Waals surface area contributed by atoms with Crippen molar-refractivity contribution in [3.8, 4) is 0 Å². The van der Waals surface area contributed by atoms with Gasteiger partial charge in [0.05, 0.1) is 25.2 Å². The van der Waals surface area contributed by atoms with Crippen molar-refractivity contribution >= 4 is 11.9 Å².